The Labute approximate surface area is 164 Å². The Morgan fingerprint density at radius 1 is 1.25 bits per heavy atom. The summed E-state index contributed by atoms with van der Waals surface area (Å²) in [5.41, 5.74) is 1.18. The van der Waals surface area contributed by atoms with E-state index in [1.807, 2.05) is 29.4 Å². The quantitative estimate of drug-likeness (QED) is 0.657. The molecule has 4 heterocycles. The van der Waals surface area contributed by atoms with Crippen molar-refractivity contribution >= 4 is 5.91 Å². The van der Waals surface area contributed by atoms with Gasteiger partial charge in [0.05, 0.1) is 0 Å². The van der Waals surface area contributed by atoms with Crippen LogP contribution in [0.2, 0.25) is 0 Å². The Morgan fingerprint density at radius 3 is 2.93 bits per heavy atom. The summed E-state index contributed by atoms with van der Waals surface area (Å²) >= 11 is 0. The van der Waals surface area contributed by atoms with Crippen molar-refractivity contribution in [3.05, 3.63) is 72.0 Å². The van der Waals surface area contributed by atoms with Gasteiger partial charge in [0.25, 0.3) is 5.91 Å². The smallest absolute Gasteiger partial charge is 0.289 e. The third kappa shape index (κ3) is 3.99. The van der Waals surface area contributed by atoms with Crippen LogP contribution in [0.3, 0.4) is 0 Å². The summed E-state index contributed by atoms with van der Waals surface area (Å²) in [6.07, 6.45) is 9.40. The monoisotopic (exact) mass is 380 g/mol. The normalized spacial score (nSPS) is 17.0. The zero-order valence-electron chi connectivity index (χ0n) is 16.0. The summed E-state index contributed by atoms with van der Waals surface area (Å²) in [4.78, 5) is 23.4. The molecule has 1 fully saturated rings. The zero-order chi connectivity index (χ0) is 19.3. The van der Waals surface area contributed by atoms with E-state index >= 15 is 0 Å². The largest absolute Gasteiger partial charge is 0.453 e. The highest BCUT2D eigenvalue weighted by atomic mass is 16.5. The van der Waals surface area contributed by atoms with E-state index in [0.29, 0.717) is 24.7 Å². The van der Waals surface area contributed by atoms with Gasteiger partial charge in [-0.3, -0.25) is 9.78 Å². The number of amides is 1. The van der Waals surface area contributed by atoms with Crippen molar-refractivity contribution in [3.63, 3.8) is 0 Å². The number of likely N-dealkylation sites (tertiary alicyclic amines) is 1. The zero-order valence-corrected chi connectivity index (χ0v) is 16.0. The van der Waals surface area contributed by atoms with Crippen LogP contribution in [0.4, 0.5) is 0 Å². The van der Waals surface area contributed by atoms with Crippen LogP contribution in [-0.4, -0.2) is 45.5 Å². The number of pyridine rings is 1. The van der Waals surface area contributed by atoms with Crippen molar-refractivity contribution in [3.8, 4) is 0 Å². The third-order valence-corrected chi connectivity index (χ3v) is 5.08. The van der Waals surface area contributed by atoms with E-state index in [1.165, 1.54) is 5.56 Å². The van der Waals surface area contributed by atoms with Gasteiger partial charge in [-0.15, -0.1) is 0 Å². The molecule has 4 rings (SSSR count). The fourth-order valence-electron chi connectivity index (χ4n) is 3.74. The van der Waals surface area contributed by atoms with Gasteiger partial charge in [-0.05, 0) is 42.7 Å². The van der Waals surface area contributed by atoms with Crippen LogP contribution in [0.25, 0.3) is 0 Å². The molecule has 0 saturated carbocycles. The van der Waals surface area contributed by atoms with Crippen molar-refractivity contribution in [2.75, 3.05) is 20.2 Å². The van der Waals surface area contributed by atoms with Gasteiger partial charge in [0, 0.05) is 57.4 Å². The van der Waals surface area contributed by atoms with Crippen molar-refractivity contribution in [2.24, 2.45) is 0 Å². The minimum atomic E-state index is -0.0701. The summed E-state index contributed by atoms with van der Waals surface area (Å²) in [7, 11) is 1.60. The van der Waals surface area contributed by atoms with Gasteiger partial charge >= 0.3 is 0 Å². The van der Waals surface area contributed by atoms with Gasteiger partial charge < -0.3 is 18.6 Å². The molecule has 1 amide bonds. The first-order valence-corrected chi connectivity index (χ1v) is 9.51. The lowest BCUT2D eigenvalue weighted by molar-refractivity contribution is 0.0664. The van der Waals surface area contributed by atoms with Crippen LogP contribution in [0.5, 0.6) is 0 Å². The molecule has 0 radical (unpaired) electrons. The van der Waals surface area contributed by atoms with Crippen LogP contribution >= 0.6 is 0 Å². The van der Waals surface area contributed by atoms with E-state index < -0.39 is 0 Å². The molecule has 3 aromatic heterocycles. The number of carbonyl (C=O) groups excluding carboxylic acids is 1. The minimum absolute atomic E-state index is 0.0701. The Hall–Kier alpha value is -2.93. The maximum atomic E-state index is 12.9. The molecule has 1 saturated heterocycles. The first-order valence-electron chi connectivity index (χ1n) is 9.51. The molecule has 1 aliphatic heterocycles. The van der Waals surface area contributed by atoms with E-state index in [0.717, 1.165) is 31.8 Å². The lowest BCUT2D eigenvalue weighted by Gasteiger charge is -2.32. The predicted octanol–water partition coefficient (Wildman–Crippen LogP) is 3.09. The summed E-state index contributed by atoms with van der Waals surface area (Å²) in [5.74, 6) is 2.19. The van der Waals surface area contributed by atoms with E-state index in [-0.39, 0.29) is 11.8 Å². The fourth-order valence-corrected chi connectivity index (χ4v) is 3.74. The number of rotatable bonds is 6. The summed E-state index contributed by atoms with van der Waals surface area (Å²) in [5, 5.41) is 0. The highest BCUT2D eigenvalue weighted by molar-refractivity contribution is 5.91. The van der Waals surface area contributed by atoms with Crippen LogP contribution < -0.4 is 0 Å². The molecule has 1 atom stereocenters. The third-order valence-electron chi connectivity index (χ3n) is 5.08. The predicted molar refractivity (Wildman–Crippen MR) is 103 cm³/mol. The van der Waals surface area contributed by atoms with Gasteiger partial charge in [0.1, 0.15) is 18.2 Å². The molecule has 0 N–H and O–H groups in total. The van der Waals surface area contributed by atoms with Crippen molar-refractivity contribution in [1.82, 2.24) is 19.4 Å². The van der Waals surface area contributed by atoms with Gasteiger partial charge in [-0.2, -0.15) is 0 Å². The van der Waals surface area contributed by atoms with Crippen LogP contribution in [0.15, 0.2) is 53.5 Å². The Balaban J connectivity index is 1.47. The van der Waals surface area contributed by atoms with Crippen LogP contribution in [0.1, 0.15) is 46.5 Å². The maximum absolute atomic E-state index is 12.9. The van der Waals surface area contributed by atoms with Gasteiger partial charge in [0.15, 0.2) is 5.76 Å². The molecule has 0 spiro atoms. The highest BCUT2D eigenvalue weighted by Crippen LogP contribution is 2.27. The molecule has 28 heavy (non-hydrogen) atoms. The molecule has 146 valence electrons. The fraction of sp³-hybridized carbons (Fsp3) is 0.381. The van der Waals surface area contributed by atoms with E-state index in [2.05, 4.69) is 14.5 Å². The molecule has 0 aliphatic carbocycles. The Bertz CT molecular complexity index is 919. The Kier molecular flexibility index (Phi) is 5.53. The lowest BCUT2D eigenvalue weighted by atomic mass is 9.96. The second kappa shape index (κ2) is 8.39. The molecule has 1 aliphatic rings. The number of nitrogens with zero attached hydrogens (tertiary/aromatic N) is 4. The number of ether oxygens (including phenoxy) is 1. The van der Waals surface area contributed by atoms with Gasteiger partial charge in [0.2, 0.25) is 0 Å². The SMILES string of the molecule is COCc1ccc(C(=O)N2CCC[C@@H](c3nccn3Cc3ccncc3)C2)o1. The van der Waals surface area contributed by atoms with Gasteiger partial charge in [-0.25, -0.2) is 4.98 Å². The molecule has 0 aromatic carbocycles. The van der Waals surface area contributed by atoms with E-state index in [1.54, 1.807) is 31.6 Å². The first kappa shape index (κ1) is 18.4. The molecule has 7 heteroatoms. The summed E-state index contributed by atoms with van der Waals surface area (Å²) < 4.78 is 12.8. The molecular weight excluding hydrogens is 356 g/mol. The van der Waals surface area contributed by atoms with Crippen molar-refractivity contribution in [2.45, 2.75) is 31.9 Å². The minimum Gasteiger partial charge on any atom is -0.453 e. The average molecular weight is 380 g/mol. The van der Waals surface area contributed by atoms with Crippen molar-refractivity contribution in [1.29, 1.82) is 0 Å². The lowest BCUT2D eigenvalue weighted by Crippen LogP contribution is -2.39. The standard InChI is InChI=1S/C21H24N4O3/c1-27-15-18-4-5-19(28-18)21(26)25-11-2-3-17(14-25)20-23-10-12-24(20)13-16-6-8-22-9-7-16/h4-10,12,17H,2-3,11,13-15H2,1H3/t17-/m1/s1. The average Bonchev–Trinajstić information content (AvgIpc) is 3.38. The van der Waals surface area contributed by atoms with Crippen LogP contribution in [0, 0.1) is 0 Å². The van der Waals surface area contributed by atoms with Crippen LogP contribution in [-0.2, 0) is 17.9 Å². The second-order valence-corrected chi connectivity index (χ2v) is 7.06. The number of carbonyl (C=O) groups is 1. The topological polar surface area (TPSA) is 73.4 Å². The number of piperidine rings is 1. The second-order valence-electron chi connectivity index (χ2n) is 7.06. The molecule has 7 nitrogen and oxygen atoms in total. The number of hydrogen-bond acceptors (Lipinski definition) is 5. The molecule has 0 bridgehead atoms. The van der Waals surface area contributed by atoms with E-state index in [9.17, 15) is 4.79 Å². The first-order chi connectivity index (χ1) is 13.7. The number of methoxy groups -OCH3 is 1. The molecular formula is C21H24N4O3. The van der Waals surface area contributed by atoms with E-state index in [4.69, 9.17) is 9.15 Å². The summed E-state index contributed by atoms with van der Waals surface area (Å²) in [6, 6.07) is 7.54. The molecule has 0 unspecified atom stereocenters. The maximum Gasteiger partial charge on any atom is 0.289 e. The molecule has 3 aromatic rings. The number of aromatic nitrogens is 3. The van der Waals surface area contributed by atoms with Gasteiger partial charge in [-0.1, -0.05) is 0 Å². The van der Waals surface area contributed by atoms with Crippen molar-refractivity contribution < 1.29 is 13.9 Å². The highest BCUT2D eigenvalue weighted by Gasteiger charge is 2.29. The Morgan fingerprint density at radius 2 is 2.11 bits per heavy atom. The number of furan rings is 1. The number of imidazole rings is 1. The number of hydrogen-bond donors (Lipinski definition) is 0. The summed E-state index contributed by atoms with van der Waals surface area (Å²) in [6.45, 7) is 2.50.